The molecule has 0 saturated carbocycles. The highest BCUT2D eigenvalue weighted by atomic mass is 35.5. The number of nitro groups is 1. The second-order valence-electron chi connectivity index (χ2n) is 5.97. The van der Waals surface area contributed by atoms with Gasteiger partial charge in [-0.25, -0.2) is 9.69 Å². The van der Waals surface area contributed by atoms with Crippen molar-refractivity contribution in [2.24, 2.45) is 0 Å². The molecule has 2 aromatic carbocycles. The Morgan fingerprint density at radius 2 is 1.83 bits per heavy atom. The molecule has 1 saturated heterocycles. The van der Waals surface area contributed by atoms with E-state index in [0.29, 0.717) is 4.90 Å². The Morgan fingerprint density at radius 1 is 1.17 bits per heavy atom. The Morgan fingerprint density at radius 3 is 2.43 bits per heavy atom. The smallest absolute Gasteiger partial charge is 0.335 e. The summed E-state index contributed by atoms with van der Waals surface area (Å²) >= 11 is 12.2. The molecule has 1 heterocycles. The second kappa shape index (κ2) is 8.52. The van der Waals surface area contributed by atoms with Crippen molar-refractivity contribution < 1.29 is 24.0 Å². The van der Waals surface area contributed by atoms with Crippen LogP contribution in [0.2, 0.25) is 10.0 Å². The molecule has 0 aromatic heterocycles. The van der Waals surface area contributed by atoms with Gasteiger partial charge in [0.05, 0.1) is 22.2 Å². The summed E-state index contributed by atoms with van der Waals surface area (Å²) in [5.41, 5.74) is -0.265. The molecule has 1 aliphatic rings. The van der Waals surface area contributed by atoms with Gasteiger partial charge in [-0.15, -0.1) is 0 Å². The number of rotatable bonds is 5. The zero-order valence-corrected chi connectivity index (χ0v) is 16.9. The molecular formula is C19H13Cl2N3O6. The number of barbiturate groups is 1. The normalized spacial score (nSPS) is 15.4. The van der Waals surface area contributed by atoms with E-state index in [1.807, 2.05) is 0 Å². The van der Waals surface area contributed by atoms with Crippen molar-refractivity contribution in [1.29, 1.82) is 0 Å². The van der Waals surface area contributed by atoms with E-state index in [0.717, 1.165) is 12.1 Å². The minimum atomic E-state index is -0.981. The molecule has 0 spiro atoms. The summed E-state index contributed by atoms with van der Waals surface area (Å²) in [4.78, 5) is 48.4. The van der Waals surface area contributed by atoms with Crippen molar-refractivity contribution in [1.82, 2.24) is 5.32 Å². The number of urea groups is 1. The van der Waals surface area contributed by atoms with Crippen molar-refractivity contribution in [3.05, 3.63) is 67.7 Å². The number of halogens is 2. The lowest BCUT2D eigenvalue weighted by Gasteiger charge is -2.26. The SMILES string of the molecule is CCOc1c(Cl)cc(Cl)cc1/C=C1\C(=O)NC(=O)N(c2ccc([N+](=O)[O-])cc2)C1=O. The summed E-state index contributed by atoms with van der Waals surface area (Å²) < 4.78 is 5.48. The summed E-state index contributed by atoms with van der Waals surface area (Å²) in [6.07, 6.45) is 1.21. The fraction of sp³-hybridized carbons (Fsp3) is 0.105. The third-order valence-corrected chi connectivity index (χ3v) is 4.54. The minimum Gasteiger partial charge on any atom is -0.492 e. The quantitative estimate of drug-likeness (QED) is 0.319. The van der Waals surface area contributed by atoms with Gasteiger partial charge in [0.2, 0.25) is 0 Å². The van der Waals surface area contributed by atoms with Crippen LogP contribution in [0.3, 0.4) is 0 Å². The first-order valence-corrected chi connectivity index (χ1v) is 9.26. The van der Waals surface area contributed by atoms with Gasteiger partial charge in [-0.2, -0.15) is 0 Å². The number of benzene rings is 2. The molecule has 0 aliphatic carbocycles. The molecule has 1 aliphatic heterocycles. The Balaban J connectivity index is 2.06. The predicted molar refractivity (Wildman–Crippen MR) is 110 cm³/mol. The number of anilines is 1. The number of imide groups is 2. The standard InChI is InChI=1S/C19H13Cl2N3O6/c1-2-30-16-10(7-11(20)9-15(16)21)8-14-17(25)22-19(27)23(18(14)26)12-3-5-13(6-4-12)24(28)29/h3-9H,2H2,1H3,(H,22,25,27)/b14-8+. The Labute approximate surface area is 180 Å². The topological polar surface area (TPSA) is 119 Å². The van der Waals surface area contributed by atoms with E-state index in [-0.39, 0.29) is 44.9 Å². The maximum absolute atomic E-state index is 12.9. The number of hydrogen-bond donors (Lipinski definition) is 1. The third-order valence-electron chi connectivity index (χ3n) is 4.05. The van der Waals surface area contributed by atoms with Crippen LogP contribution in [0.25, 0.3) is 6.08 Å². The Kier molecular flexibility index (Phi) is 6.04. The van der Waals surface area contributed by atoms with Gasteiger partial charge in [0.15, 0.2) is 0 Å². The summed E-state index contributed by atoms with van der Waals surface area (Å²) in [6, 6.07) is 6.66. The number of carbonyl (C=O) groups excluding carboxylic acids is 3. The summed E-state index contributed by atoms with van der Waals surface area (Å²) in [7, 11) is 0. The van der Waals surface area contributed by atoms with Crippen molar-refractivity contribution in [3.63, 3.8) is 0 Å². The fourth-order valence-electron chi connectivity index (χ4n) is 2.75. The van der Waals surface area contributed by atoms with Crippen LogP contribution in [-0.2, 0) is 9.59 Å². The van der Waals surface area contributed by atoms with Gasteiger partial charge in [-0.3, -0.25) is 25.0 Å². The zero-order chi connectivity index (χ0) is 22.0. The predicted octanol–water partition coefficient (Wildman–Crippen LogP) is 3.97. The molecule has 4 amide bonds. The monoisotopic (exact) mass is 449 g/mol. The molecule has 9 nitrogen and oxygen atoms in total. The number of amides is 4. The Bertz CT molecular complexity index is 1100. The third kappa shape index (κ3) is 4.12. The second-order valence-corrected chi connectivity index (χ2v) is 6.81. The molecule has 1 fully saturated rings. The first-order valence-electron chi connectivity index (χ1n) is 8.50. The van der Waals surface area contributed by atoms with E-state index in [1.165, 1.54) is 30.3 Å². The number of non-ortho nitro benzene ring substituents is 1. The first-order chi connectivity index (χ1) is 14.2. The van der Waals surface area contributed by atoms with Gasteiger partial charge in [0.1, 0.15) is 11.3 Å². The van der Waals surface area contributed by atoms with Gasteiger partial charge in [0.25, 0.3) is 17.5 Å². The van der Waals surface area contributed by atoms with Crippen molar-refractivity contribution in [2.75, 3.05) is 11.5 Å². The first kappa shape index (κ1) is 21.3. The molecular weight excluding hydrogens is 437 g/mol. The molecule has 0 bridgehead atoms. The van der Waals surface area contributed by atoms with Crippen LogP contribution in [0.15, 0.2) is 42.0 Å². The molecule has 11 heteroatoms. The lowest BCUT2D eigenvalue weighted by atomic mass is 10.1. The number of nitrogens with zero attached hydrogens (tertiary/aromatic N) is 2. The molecule has 2 aromatic rings. The largest absolute Gasteiger partial charge is 0.492 e. The molecule has 154 valence electrons. The van der Waals surface area contributed by atoms with Crippen LogP contribution in [0.5, 0.6) is 5.75 Å². The highest BCUT2D eigenvalue weighted by Crippen LogP contribution is 2.34. The van der Waals surface area contributed by atoms with Crippen molar-refractivity contribution in [3.8, 4) is 5.75 Å². The number of nitrogens with one attached hydrogen (secondary N) is 1. The van der Waals surface area contributed by atoms with E-state index in [4.69, 9.17) is 27.9 Å². The molecule has 0 unspecified atom stereocenters. The van der Waals surface area contributed by atoms with Gasteiger partial charge in [0, 0.05) is 22.7 Å². The van der Waals surface area contributed by atoms with E-state index in [2.05, 4.69) is 5.32 Å². The molecule has 1 N–H and O–H groups in total. The fourth-order valence-corrected chi connectivity index (χ4v) is 3.32. The zero-order valence-electron chi connectivity index (χ0n) is 15.3. The lowest BCUT2D eigenvalue weighted by molar-refractivity contribution is -0.384. The average Bonchev–Trinajstić information content (AvgIpc) is 2.68. The van der Waals surface area contributed by atoms with Crippen LogP contribution < -0.4 is 15.0 Å². The van der Waals surface area contributed by atoms with Gasteiger partial charge >= 0.3 is 6.03 Å². The summed E-state index contributed by atoms with van der Waals surface area (Å²) in [6.45, 7) is 2.00. The Hall–Kier alpha value is -3.43. The van der Waals surface area contributed by atoms with E-state index < -0.39 is 22.8 Å². The number of carbonyl (C=O) groups is 3. The average molecular weight is 450 g/mol. The summed E-state index contributed by atoms with van der Waals surface area (Å²) in [5, 5.41) is 13.3. The molecule has 0 radical (unpaired) electrons. The van der Waals surface area contributed by atoms with Gasteiger partial charge in [-0.05, 0) is 37.3 Å². The van der Waals surface area contributed by atoms with Crippen LogP contribution >= 0.6 is 23.2 Å². The minimum absolute atomic E-state index is 0.0515. The van der Waals surface area contributed by atoms with E-state index >= 15 is 0 Å². The highest BCUT2D eigenvalue weighted by molar-refractivity contribution is 6.40. The highest BCUT2D eigenvalue weighted by Gasteiger charge is 2.37. The maximum Gasteiger partial charge on any atom is 0.335 e. The van der Waals surface area contributed by atoms with Crippen LogP contribution in [-0.4, -0.2) is 29.4 Å². The maximum atomic E-state index is 12.9. The van der Waals surface area contributed by atoms with Crippen LogP contribution in [0, 0.1) is 10.1 Å². The molecule has 3 rings (SSSR count). The number of ether oxygens (including phenoxy) is 1. The number of hydrogen-bond acceptors (Lipinski definition) is 6. The van der Waals surface area contributed by atoms with E-state index in [1.54, 1.807) is 6.92 Å². The van der Waals surface area contributed by atoms with Crippen LogP contribution in [0.4, 0.5) is 16.2 Å². The lowest BCUT2D eigenvalue weighted by Crippen LogP contribution is -2.54. The van der Waals surface area contributed by atoms with Crippen molar-refractivity contribution in [2.45, 2.75) is 6.92 Å². The van der Waals surface area contributed by atoms with Crippen LogP contribution in [0.1, 0.15) is 12.5 Å². The molecule has 30 heavy (non-hydrogen) atoms. The molecule has 0 atom stereocenters. The van der Waals surface area contributed by atoms with E-state index in [9.17, 15) is 24.5 Å². The summed E-state index contributed by atoms with van der Waals surface area (Å²) in [5.74, 6) is -1.62. The van der Waals surface area contributed by atoms with Gasteiger partial charge < -0.3 is 4.74 Å². The van der Waals surface area contributed by atoms with Gasteiger partial charge in [-0.1, -0.05) is 23.2 Å². The van der Waals surface area contributed by atoms with Crippen molar-refractivity contribution >= 4 is 58.5 Å². The number of nitro benzene ring substituents is 1.